The third-order valence-corrected chi connectivity index (χ3v) is 5.29. The van der Waals surface area contributed by atoms with Crippen molar-refractivity contribution < 1.29 is 9.53 Å². The summed E-state index contributed by atoms with van der Waals surface area (Å²) in [5.74, 6) is 1.04. The third-order valence-electron chi connectivity index (χ3n) is 5.29. The lowest BCUT2D eigenvalue weighted by atomic mass is 9.87. The summed E-state index contributed by atoms with van der Waals surface area (Å²) >= 11 is 0. The molecule has 0 aromatic heterocycles. The van der Waals surface area contributed by atoms with Crippen molar-refractivity contribution in [2.45, 2.75) is 50.6 Å². The second-order valence-corrected chi connectivity index (χ2v) is 6.35. The minimum absolute atomic E-state index is 0.354. The van der Waals surface area contributed by atoms with Crippen LogP contribution in [0, 0.1) is 5.92 Å². The molecule has 4 nitrogen and oxygen atoms in total. The predicted octanol–water partition coefficient (Wildman–Crippen LogP) is 1.50. The van der Waals surface area contributed by atoms with Gasteiger partial charge in [0, 0.05) is 51.9 Å². The van der Waals surface area contributed by atoms with Gasteiger partial charge in [0.25, 0.3) is 0 Å². The van der Waals surface area contributed by atoms with E-state index in [4.69, 9.17) is 4.74 Å². The first-order chi connectivity index (χ1) is 9.25. The molecule has 2 atom stereocenters. The van der Waals surface area contributed by atoms with Crippen LogP contribution < -0.4 is 0 Å². The lowest BCUT2D eigenvalue weighted by Crippen LogP contribution is -2.53. The van der Waals surface area contributed by atoms with Crippen molar-refractivity contribution in [2.75, 3.05) is 33.4 Å². The average Bonchev–Trinajstić information content (AvgIpc) is 2.60. The summed E-state index contributed by atoms with van der Waals surface area (Å²) in [6.45, 7) is 4.19. The number of ether oxygens (including phenoxy) is 1. The fraction of sp³-hybridized carbons (Fsp3) is 0.933. The van der Waals surface area contributed by atoms with Crippen molar-refractivity contribution in [3.63, 3.8) is 0 Å². The first-order valence-electron chi connectivity index (χ1n) is 7.83. The molecule has 0 N–H and O–H groups in total. The Hall–Kier alpha value is -0.610. The highest BCUT2D eigenvalue weighted by molar-refractivity contribution is 5.76. The second-order valence-electron chi connectivity index (χ2n) is 6.35. The van der Waals surface area contributed by atoms with E-state index in [2.05, 4.69) is 4.90 Å². The Morgan fingerprint density at radius 1 is 1.16 bits per heavy atom. The molecule has 0 radical (unpaired) electrons. The summed E-state index contributed by atoms with van der Waals surface area (Å²) in [5, 5.41) is 0. The normalized spacial score (nSPS) is 35.0. The molecule has 3 aliphatic heterocycles. The summed E-state index contributed by atoms with van der Waals surface area (Å²) in [6.07, 6.45) is 6.58. The van der Waals surface area contributed by atoms with E-state index in [0.29, 0.717) is 17.9 Å². The highest BCUT2D eigenvalue weighted by Crippen LogP contribution is 2.31. The topological polar surface area (TPSA) is 32.8 Å². The summed E-state index contributed by atoms with van der Waals surface area (Å²) in [7, 11) is 2.01. The smallest absolute Gasteiger partial charge is 0.222 e. The summed E-state index contributed by atoms with van der Waals surface area (Å²) in [4.78, 5) is 16.7. The average molecular weight is 266 g/mol. The molecule has 0 unspecified atom stereocenters. The van der Waals surface area contributed by atoms with E-state index in [1.807, 2.05) is 11.9 Å². The molecule has 0 bridgehead atoms. The van der Waals surface area contributed by atoms with Crippen molar-refractivity contribution in [1.82, 2.24) is 9.80 Å². The molecule has 3 rings (SSSR count). The molecule has 4 heteroatoms. The maximum Gasteiger partial charge on any atom is 0.222 e. The van der Waals surface area contributed by atoms with Crippen molar-refractivity contribution in [1.29, 1.82) is 0 Å². The van der Waals surface area contributed by atoms with Crippen LogP contribution in [-0.2, 0) is 9.53 Å². The van der Waals surface area contributed by atoms with Crippen LogP contribution in [0.2, 0.25) is 0 Å². The van der Waals surface area contributed by atoms with Crippen LogP contribution in [0.25, 0.3) is 0 Å². The Kier molecular flexibility index (Phi) is 4.08. The quantitative estimate of drug-likeness (QED) is 0.721. The predicted molar refractivity (Wildman–Crippen MR) is 73.9 cm³/mol. The maximum atomic E-state index is 11.9. The van der Waals surface area contributed by atoms with Crippen LogP contribution >= 0.6 is 0 Å². The molecule has 3 saturated heterocycles. The van der Waals surface area contributed by atoms with Gasteiger partial charge in [0.05, 0.1) is 0 Å². The molecule has 3 fully saturated rings. The van der Waals surface area contributed by atoms with Crippen molar-refractivity contribution >= 4 is 5.91 Å². The number of hydrogen-bond acceptors (Lipinski definition) is 3. The summed E-state index contributed by atoms with van der Waals surface area (Å²) in [5.41, 5.74) is 0. The number of carbonyl (C=O) groups is 1. The number of piperidine rings is 1. The molecule has 0 aliphatic carbocycles. The highest BCUT2D eigenvalue weighted by Gasteiger charge is 2.37. The van der Waals surface area contributed by atoms with Crippen LogP contribution in [-0.4, -0.2) is 61.1 Å². The fourth-order valence-electron chi connectivity index (χ4n) is 4.10. The molecule has 3 heterocycles. The Bertz CT molecular complexity index is 328. The van der Waals surface area contributed by atoms with Gasteiger partial charge in [0.15, 0.2) is 0 Å². The number of likely N-dealkylation sites (tertiary alicyclic amines) is 2. The molecule has 3 aliphatic rings. The van der Waals surface area contributed by atoms with Gasteiger partial charge in [-0.1, -0.05) is 0 Å². The monoisotopic (exact) mass is 266 g/mol. The zero-order chi connectivity index (χ0) is 13.2. The number of hydrogen-bond donors (Lipinski definition) is 0. The molecule has 108 valence electrons. The van der Waals surface area contributed by atoms with Crippen LogP contribution in [0.15, 0.2) is 0 Å². The van der Waals surface area contributed by atoms with Crippen molar-refractivity contribution in [3.05, 3.63) is 0 Å². The SMILES string of the molecule is CN1C(=O)CCC[C@@H]2CN(C3CCOCC3)CC[C@H]21. The number of amides is 1. The van der Waals surface area contributed by atoms with Gasteiger partial charge >= 0.3 is 0 Å². The van der Waals surface area contributed by atoms with E-state index >= 15 is 0 Å². The lowest BCUT2D eigenvalue weighted by Gasteiger charge is -2.45. The Labute approximate surface area is 116 Å². The van der Waals surface area contributed by atoms with Crippen LogP contribution in [0.5, 0.6) is 0 Å². The number of fused-ring (bicyclic) bond motifs is 1. The number of rotatable bonds is 1. The molecule has 0 saturated carbocycles. The molecular formula is C15H26N2O2. The van der Waals surface area contributed by atoms with Crippen LogP contribution in [0.3, 0.4) is 0 Å². The van der Waals surface area contributed by atoms with Crippen molar-refractivity contribution in [3.8, 4) is 0 Å². The number of carbonyl (C=O) groups excluding carboxylic acids is 1. The molecule has 19 heavy (non-hydrogen) atoms. The van der Waals surface area contributed by atoms with Gasteiger partial charge in [-0.25, -0.2) is 0 Å². The minimum atomic E-state index is 0.354. The maximum absolute atomic E-state index is 11.9. The highest BCUT2D eigenvalue weighted by atomic mass is 16.5. The van der Waals surface area contributed by atoms with Gasteiger partial charge in [-0.15, -0.1) is 0 Å². The molecule has 0 aromatic rings. The molecule has 0 spiro atoms. The zero-order valence-electron chi connectivity index (χ0n) is 12.0. The van der Waals surface area contributed by atoms with Gasteiger partial charge in [-0.3, -0.25) is 9.69 Å². The van der Waals surface area contributed by atoms with Gasteiger partial charge in [0.1, 0.15) is 0 Å². The van der Waals surface area contributed by atoms with Crippen LogP contribution in [0.4, 0.5) is 0 Å². The fourth-order valence-corrected chi connectivity index (χ4v) is 4.10. The first-order valence-corrected chi connectivity index (χ1v) is 7.83. The van der Waals surface area contributed by atoms with Gasteiger partial charge in [-0.2, -0.15) is 0 Å². The summed E-state index contributed by atoms with van der Waals surface area (Å²) < 4.78 is 5.47. The Morgan fingerprint density at radius 3 is 2.74 bits per heavy atom. The Morgan fingerprint density at radius 2 is 1.95 bits per heavy atom. The van der Waals surface area contributed by atoms with E-state index in [9.17, 15) is 4.79 Å². The van der Waals surface area contributed by atoms with E-state index < -0.39 is 0 Å². The van der Waals surface area contributed by atoms with E-state index in [1.165, 1.54) is 25.8 Å². The van der Waals surface area contributed by atoms with Gasteiger partial charge in [0.2, 0.25) is 5.91 Å². The van der Waals surface area contributed by atoms with E-state index in [1.54, 1.807) is 0 Å². The van der Waals surface area contributed by atoms with Gasteiger partial charge < -0.3 is 9.64 Å². The summed E-state index contributed by atoms with van der Waals surface area (Å²) in [6, 6.07) is 1.21. The Balaban J connectivity index is 1.64. The van der Waals surface area contributed by atoms with Crippen molar-refractivity contribution in [2.24, 2.45) is 5.92 Å². The third kappa shape index (κ3) is 2.79. The van der Waals surface area contributed by atoms with Crippen LogP contribution in [0.1, 0.15) is 38.5 Å². The molecule has 0 aromatic carbocycles. The first kappa shape index (κ1) is 13.4. The number of nitrogens with zero attached hydrogens (tertiary/aromatic N) is 2. The lowest BCUT2D eigenvalue weighted by molar-refractivity contribution is -0.133. The molecular weight excluding hydrogens is 240 g/mol. The van der Waals surface area contributed by atoms with Gasteiger partial charge in [-0.05, 0) is 38.0 Å². The van der Waals surface area contributed by atoms with E-state index in [0.717, 1.165) is 45.1 Å². The molecule has 1 amide bonds. The second kappa shape index (κ2) is 5.80. The van der Waals surface area contributed by atoms with E-state index in [-0.39, 0.29) is 0 Å². The standard InChI is InChI=1S/C15H26N2O2/c1-16-14-5-8-17(13-6-9-19-10-7-13)11-12(14)3-2-4-15(16)18/h12-14H,2-11H2,1H3/t12-,14-/m1/s1. The largest absolute Gasteiger partial charge is 0.381 e. The minimum Gasteiger partial charge on any atom is -0.381 e. The zero-order valence-corrected chi connectivity index (χ0v) is 12.0.